The number of carbonyl (C=O) groups is 2. The zero-order valence-corrected chi connectivity index (χ0v) is 14.1. The second kappa shape index (κ2) is 7.86. The van der Waals surface area contributed by atoms with E-state index in [4.69, 9.17) is 4.74 Å². The Bertz CT molecular complexity index is 786. The summed E-state index contributed by atoms with van der Waals surface area (Å²) in [5.74, 6) is -1.04. The molecule has 1 fully saturated rings. The van der Waals surface area contributed by atoms with Crippen molar-refractivity contribution in [3.05, 3.63) is 59.9 Å². The molecule has 1 heterocycles. The molecule has 1 aliphatic heterocycles. The molecule has 136 valence electrons. The van der Waals surface area contributed by atoms with Crippen molar-refractivity contribution in [2.24, 2.45) is 0 Å². The number of hydrogen-bond donors (Lipinski definition) is 1. The predicted molar refractivity (Wildman–Crippen MR) is 94.1 cm³/mol. The van der Waals surface area contributed by atoms with E-state index in [9.17, 15) is 19.1 Å². The zero-order valence-electron chi connectivity index (χ0n) is 14.1. The lowest BCUT2D eigenvalue weighted by molar-refractivity contribution is -0.133. The third kappa shape index (κ3) is 4.11. The van der Waals surface area contributed by atoms with Crippen molar-refractivity contribution in [3.8, 4) is 5.75 Å². The molecule has 1 saturated heterocycles. The van der Waals surface area contributed by atoms with E-state index < -0.39 is 5.97 Å². The van der Waals surface area contributed by atoms with E-state index in [-0.39, 0.29) is 23.9 Å². The Hall–Kier alpha value is -3.09. The summed E-state index contributed by atoms with van der Waals surface area (Å²) < 4.78 is 18.2. The van der Waals surface area contributed by atoms with Crippen molar-refractivity contribution in [1.29, 1.82) is 0 Å². The number of hydrogen-bond acceptors (Lipinski definition) is 4. The summed E-state index contributed by atoms with van der Waals surface area (Å²) in [7, 11) is 0. The van der Waals surface area contributed by atoms with Gasteiger partial charge in [0, 0.05) is 26.2 Å². The molecule has 2 aromatic carbocycles. The lowest BCUT2D eigenvalue weighted by Gasteiger charge is -2.36. The second-order valence-electron chi connectivity index (χ2n) is 5.93. The molecule has 1 amide bonds. The highest BCUT2D eigenvalue weighted by Crippen LogP contribution is 2.22. The standard InChI is InChI=1S/C19H19FN2O4/c20-14-5-7-15(8-6-14)26-13-18(23)22-11-9-21(10-12-22)17-4-2-1-3-16(17)19(24)25/h1-8H,9-13H2,(H,24,25). The number of para-hydroxylation sites is 1. The van der Waals surface area contributed by atoms with Gasteiger partial charge in [-0.3, -0.25) is 4.79 Å². The summed E-state index contributed by atoms with van der Waals surface area (Å²) >= 11 is 0. The summed E-state index contributed by atoms with van der Waals surface area (Å²) in [6, 6.07) is 12.4. The summed E-state index contributed by atoms with van der Waals surface area (Å²) in [4.78, 5) is 27.3. The Labute approximate surface area is 150 Å². The maximum absolute atomic E-state index is 12.9. The van der Waals surface area contributed by atoms with Crippen LogP contribution in [-0.4, -0.2) is 54.7 Å². The van der Waals surface area contributed by atoms with Crippen LogP contribution >= 0.6 is 0 Å². The van der Waals surface area contributed by atoms with E-state index in [2.05, 4.69) is 0 Å². The van der Waals surface area contributed by atoms with Gasteiger partial charge in [0.1, 0.15) is 11.6 Å². The SMILES string of the molecule is O=C(O)c1ccccc1N1CCN(C(=O)COc2ccc(F)cc2)CC1. The molecule has 2 aromatic rings. The van der Waals surface area contributed by atoms with Crippen LogP contribution in [0.2, 0.25) is 0 Å². The fraction of sp³-hybridized carbons (Fsp3) is 0.263. The Kier molecular flexibility index (Phi) is 5.36. The molecule has 6 nitrogen and oxygen atoms in total. The number of benzene rings is 2. The third-order valence-corrected chi connectivity index (χ3v) is 4.28. The number of nitrogens with zero attached hydrogens (tertiary/aromatic N) is 2. The third-order valence-electron chi connectivity index (χ3n) is 4.28. The number of carboxylic acids is 1. The van der Waals surface area contributed by atoms with Gasteiger partial charge in [0.05, 0.1) is 11.3 Å². The molecule has 1 N–H and O–H groups in total. The van der Waals surface area contributed by atoms with Crippen LogP contribution in [0.4, 0.5) is 10.1 Å². The Morgan fingerprint density at radius 2 is 1.65 bits per heavy atom. The van der Waals surface area contributed by atoms with Gasteiger partial charge in [-0.25, -0.2) is 9.18 Å². The first kappa shape index (κ1) is 17.7. The summed E-state index contributed by atoms with van der Waals surface area (Å²) in [5.41, 5.74) is 0.918. The van der Waals surface area contributed by atoms with Gasteiger partial charge in [0.25, 0.3) is 5.91 Å². The number of aromatic carboxylic acids is 1. The molecule has 3 rings (SSSR count). The fourth-order valence-electron chi connectivity index (χ4n) is 2.89. The molecule has 0 aliphatic carbocycles. The zero-order chi connectivity index (χ0) is 18.5. The number of ether oxygens (including phenoxy) is 1. The van der Waals surface area contributed by atoms with Crippen molar-refractivity contribution in [2.75, 3.05) is 37.7 Å². The molecule has 0 aromatic heterocycles. The molecule has 26 heavy (non-hydrogen) atoms. The van der Waals surface area contributed by atoms with Crippen LogP contribution in [0.1, 0.15) is 10.4 Å². The van der Waals surface area contributed by atoms with Crippen molar-refractivity contribution >= 4 is 17.6 Å². The predicted octanol–water partition coefficient (Wildman–Crippen LogP) is 2.25. The summed E-state index contributed by atoms with van der Waals surface area (Å²) in [6.07, 6.45) is 0. The quantitative estimate of drug-likeness (QED) is 0.888. The molecule has 0 unspecified atom stereocenters. The van der Waals surface area contributed by atoms with E-state index in [1.165, 1.54) is 24.3 Å². The van der Waals surface area contributed by atoms with Gasteiger partial charge in [-0.15, -0.1) is 0 Å². The first-order valence-corrected chi connectivity index (χ1v) is 8.28. The maximum Gasteiger partial charge on any atom is 0.337 e. The van der Waals surface area contributed by atoms with Crippen LogP contribution in [0.3, 0.4) is 0 Å². The topological polar surface area (TPSA) is 70.1 Å². The van der Waals surface area contributed by atoms with Crippen LogP contribution < -0.4 is 9.64 Å². The molecule has 1 aliphatic rings. The number of carbonyl (C=O) groups excluding carboxylic acids is 1. The Morgan fingerprint density at radius 1 is 1.00 bits per heavy atom. The van der Waals surface area contributed by atoms with Gasteiger partial charge in [-0.1, -0.05) is 12.1 Å². The van der Waals surface area contributed by atoms with E-state index in [0.717, 1.165) is 0 Å². The van der Waals surface area contributed by atoms with Gasteiger partial charge >= 0.3 is 5.97 Å². The second-order valence-corrected chi connectivity index (χ2v) is 5.93. The average Bonchev–Trinajstić information content (AvgIpc) is 2.67. The van der Waals surface area contributed by atoms with E-state index in [0.29, 0.717) is 37.6 Å². The van der Waals surface area contributed by atoms with Gasteiger partial charge in [0.2, 0.25) is 0 Å². The molecule has 0 saturated carbocycles. The normalized spacial score (nSPS) is 14.2. The lowest BCUT2D eigenvalue weighted by Crippen LogP contribution is -2.50. The van der Waals surface area contributed by atoms with Crippen molar-refractivity contribution in [3.63, 3.8) is 0 Å². The minimum Gasteiger partial charge on any atom is -0.484 e. The first-order valence-electron chi connectivity index (χ1n) is 8.28. The smallest absolute Gasteiger partial charge is 0.337 e. The fourth-order valence-corrected chi connectivity index (χ4v) is 2.89. The first-order chi connectivity index (χ1) is 12.5. The van der Waals surface area contributed by atoms with Gasteiger partial charge < -0.3 is 19.6 Å². The van der Waals surface area contributed by atoms with Crippen LogP contribution in [0.5, 0.6) is 5.75 Å². The van der Waals surface area contributed by atoms with E-state index >= 15 is 0 Å². The number of halogens is 1. The summed E-state index contributed by atoms with van der Waals surface area (Å²) in [6.45, 7) is 1.95. The number of anilines is 1. The molecular formula is C19H19FN2O4. The maximum atomic E-state index is 12.9. The van der Waals surface area contributed by atoms with Gasteiger partial charge in [-0.2, -0.15) is 0 Å². The van der Waals surface area contributed by atoms with E-state index in [1.54, 1.807) is 29.2 Å². The molecular weight excluding hydrogens is 339 g/mol. The molecule has 7 heteroatoms. The number of piperazine rings is 1. The van der Waals surface area contributed by atoms with Crippen molar-refractivity contribution in [1.82, 2.24) is 4.90 Å². The molecule has 0 radical (unpaired) electrons. The highest BCUT2D eigenvalue weighted by atomic mass is 19.1. The monoisotopic (exact) mass is 358 g/mol. The van der Waals surface area contributed by atoms with Crippen molar-refractivity contribution < 1.29 is 23.8 Å². The van der Waals surface area contributed by atoms with Gasteiger partial charge in [-0.05, 0) is 36.4 Å². The van der Waals surface area contributed by atoms with Crippen LogP contribution in [0.15, 0.2) is 48.5 Å². The van der Waals surface area contributed by atoms with Crippen molar-refractivity contribution in [2.45, 2.75) is 0 Å². The van der Waals surface area contributed by atoms with E-state index in [1.807, 2.05) is 4.90 Å². The Balaban J connectivity index is 1.54. The number of carboxylic acid groups (broad SMARTS) is 1. The molecule has 0 bridgehead atoms. The lowest BCUT2D eigenvalue weighted by atomic mass is 10.1. The van der Waals surface area contributed by atoms with Crippen LogP contribution in [-0.2, 0) is 4.79 Å². The minimum atomic E-state index is -0.966. The average molecular weight is 358 g/mol. The Morgan fingerprint density at radius 3 is 2.31 bits per heavy atom. The van der Waals surface area contributed by atoms with Gasteiger partial charge in [0.15, 0.2) is 6.61 Å². The highest BCUT2D eigenvalue weighted by molar-refractivity contribution is 5.94. The minimum absolute atomic E-state index is 0.114. The highest BCUT2D eigenvalue weighted by Gasteiger charge is 2.24. The summed E-state index contributed by atoms with van der Waals surface area (Å²) in [5, 5.41) is 9.30. The molecule has 0 atom stereocenters. The number of amides is 1. The van der Waals surface area contributed by atoms with Crippen LogP contribution in [0.25, 0.3) is 0 Å². The number of rotatable bonds is 5. The molecule has 0 spiro atoms. The van der Waals surface area contributed by atoms with Crippen LogP contribution in [0, 0.1) is 5.82 Å². The largest absolute Gasteiger partial charge is 0.484 e.